The molecule has 0 bridgehead atoms. The molecule has 0 saturated heterocycles. The molecule has 1 aliphatic rings. The van der Waals surface area contributed by atoms with Crippen LogP contribution in [0.1, 0.15) is 65.7 Å². The molecule has 1 aliphatic carbocycles. The standard InChI is InChI=1S/C24H44N2O4/c1-6-8-10-19(4)30-21(11-9-7-2)14-18(3)15-24(28,23(27)26-5)22(25)17-29-16-20-12-13-20/h9,11,14,19-20,22-23,26-28H,3,6-8,10,12-13,15-17,25H2,1-2,4-5H3/b11-9-,21-14+. The number of unbranched alkanes of at least 4 members (excludes halogenated alkanes) is 1. The molecule has 174 valence electrons. The smallest absolute Gasteiger partial charge is 0.135 e. The molecule has 1 saturated carbocycles. The van der Waals surface area contributed by atoms with Crippen molar-refractivity contribution in [1.82, 2.24) is 5.32 Å². The van der Waals surface area contributed by atoms with Gasteiger partial charge in [0.25, 0.3) is 0 Å². The Hall–Kier alpha value is -1.18. The predicted molar refractivity (Wildman–Crippen MR) is 123 cm³/mol. The molecule has 1 rings (SSSR count). The van der Waals surface area contributed by atoms with Gasteiger partial charge in [0, 0.05) is 13.0 Å². The zero-order chi connectivity index (χ0) is 22.6. The number of allylic oxidation sites excluding steroid dienone is 3. The molecule has 4 atom stereocenters. The number of likely N-dealkylation sites (N-methyl/N-ethyl adjacent to an activating group) is 1. The first-order valence-electron chi connectivity index (χ1n) is 11.4. The average Bonchev–Trinajstić information content (AvgIpc) is 3.53. The fourth-order valence-corrected chi connectivity index (χ4v) is 3.23. The third-order valence-electron chi connectivity index (χ3n) is 5.41. The van der Waals surface area contributed by atoms with Gasteiger partial charge in [0.1, 0.15) is 17.6 Å². The number of ether oxygens (including phenoxy) is 2. The second-order valence-corrected chi connectivity index (χ2v) is 8.53. The van der Waals surface area contributed by atoms with Crippen molar-refractivity contribution < 1.29 is 19.7 Å². The Kier molecular flexibility index (Phi) is 12.5. The van der Waals surface area contributed by atoms with Gasteiger partial charge in [-0.2, -0.15) is 0 Å². The summed E-state index contributed by atoms with van der Waals surface area (Å²) in [6, 6.07) is -0.761. The Morgan fingerprint density at radius 2 is 2.07 bits per heavy atom. The predicted octanol–water partition coefficient (Wildman–Crippen LogP) is 3.40. The van der Waals surface area contributed by atoms with E-state index in [1.54, 1.807) is 7.05 Å². The van der Waals surface area contributed by atoms with Crippen molar-refractivity contribution in [2.75, 3.05) is 20.3 Å². The lowest BCUT2D eigenvalue weighted by Gasteiger charge is -2.38. The van der Waals surface area contributed by atoms with E-state index >= 15 is 0 Å². The van der Waals surface area contributed by atoms with Gasteiger partial charge in [0.05, 0.1) is 18.8 Å². The summed E-state index contributed by atoms with van der Waals surface area (Å²) < 4.78 is 11.7. The Bertz CT molecular complexity index is 559. The number of aliphatic hydroxyl groups excluding tert-OH is 1. The van der Waals surface area contributed by atoms with Gasteiger partial charge in [0.15, 0.2) is 0 Å². The van der Waals surface area contributed by atoms with Crippen LogP contribution in [0.5, 0.6) is 0 Å². The van der Waals surface area contributed by atoms with Crippen LogP contribution in [0.25, 0.3) is 0 Å². The molecule has 6 nitrogen and oxygen atoms in total. The van der Waals surface area contributed by atoms with E-state index in [0.29, 0.717) is 23.9 Å². The minimum atomic E-state index is -1.61. The summed E-state index contributed by atoms with van der Waals surface area (Å²) >= 11 is 0. The monoisotopic (exact) mass is 424 g/mol. The number of aliphatic hydroxyl groups is 2. The van der Waals surface area contributed by atoms with E-state index in [1.165, 1.54) is 12.8 Å². The largest absolute Gasteiger partial charge is 0.491 e. The van der Waals surface area contributed by atoms with Crippen molar-refractivity contribution in [1.29, 1.82) is 0 Å². The van der Waals surface area contributed by atoms with Crippen LogP contribution in [0, 0.1) is 5.92 Å². The van der Waals surface area contributed by atoms with E-state index in [2.05, 4.69) is 32.7 Å². The topological polar surface area (TPSA) is 97.0 Å². The van der Waals surface area contributed by atoms with Crippen LogP contribution >= 0.6 is 0 Å². The van der Waals surface area contributed by atoms with Crippen molar-refractivity contribution in [3.8, 4) is 0 Å². The lowest BCUT2D eigenvalue weighted by atomic mass is 9.86. The molecule has 0 spiro atoms. The van der Waals surface area contributed by atoms with Gasteiger partial charge in [-0.1, -0.05) is 39.3 Å². The minimum absolute atomic E-state index is 0.0883. The van der Waals surface area contributed by atoms with Gasteiger partial charge in [-0.25, -0.2) is 0 Å². The van der Waals surface area contributed by atoms with Crippen molar-refractivity contribution in [2.45, 2.75) is 89.7 Å². The SMILES string of the molecule is C=C(/C=C(\C=C/CC)OC(C)CCCC)CC(O)(C(N)COCC1CC1)C(O)NC. The third kappa shape index (κ3) is 9.75. The van der Waals surface area contributed by atoms with Crippen LogP contribution in [-0.2, 0) is 9.47 Å². The van der Waals surface area contributed by atoms with Crippen molar-refractivity contribution >= 4 is 0 Å². The summed E-state index contributed by atoms with van der Waals surface area (Å²) in [6.07, 6.45) is 11.2. The Balaban J connectivity index is 2.84. The number of hydrogen-bond donors (Lipinski definition) is 4. The van der Waals surface area contributed by atoms with E-state index in [4.69, 9.17) is 15.2 Å². The van der Waals surface area contributed by atoms with Gasteiger partial charge in [-0.15, -0.1) is 0 Å². The van der Waals surface area contributed by atoms with Crippen LogP contribution in [0.4, 0.5) is 0 Å². The normalized spacial score (nSPS) is 20.0. The molecule has 6 heteroatoms. The van der Waals surface area contributed by atoms with Crippen molar-refractivity contribution in [2.24, 2.45) is 11.7 Å². The van der Waals surface area contributed by atoms with Gasteiger partial charge < -0.3 is 25.4 Å². The highest BCUT2D eigenvalue weighted by Gasteiger charge is 2.41. The van der Waals surface area contributed by atoms with Crippen molar-refractivity contribution in [3.63, 3.8) is 0 Å². The van der Waals surface area contributed by atoms with Crippen LogP contribution in [0.3, 0.4) is 0 Å². The maximum absolute atomic E-state index is 11.2. The van der Waals surface area contributed by atoms with Crippen molar-refractivity contribution in [3.05, 3.63) is 36.1 Å². The molecule has 0 aromatic rings. The highest BCUT2D eigenvalue weighted by atomic mass is 16.5. The molecule has 0 aromatic heterocycles. The zero-order valence-electron chi connectivity index (χ0n) is 19.4. The van der Waals surface area contributed by atoms with Crippen LogP contribution in [0.15, 0.2) is 36.1 Å². The maximum atomic E-state index is 11.2. The summed E-state index contributed by atoms with van der Waals surface area (Å²) in [5.74, 6) is 1.31. The lowest BCUT2D eigenvalue weighted by molar-refractivity contribution is -0.114. The number of hydrogen-bond acceptors (Lipinski definition) is 6. The first-order valence-corrected chi connectivity index (χ1v) is 11.4. The lowest BCUT2D eigenvalue weighted by Crippen LogP contribution is -2.62. The molecule has 0 heterocycles. The van der Waals surface area contributed by atoms with E-state index in [1.807, 2.05) is 18.2 Å². The van der Waals surface area contributed by atoms with Crippen LogP contribution in [-0.4, -0.2) is 54.4 Å². The molecular weight excluding hydrogens is 380 g/mol. The van der Waals surface area contributed by atoms with E-state index in [-0.39, 0.29) is 19.1 Å². The second kappa shape index (κ2) is 14.0. The first kappa shape index (κ1) is 26.9. The molecular formula is C24H44N2O4. The molecule has 1 fully saturated rings. The molecule has 0 amide bonds. The second-order valence-electron chi connectivity index (χ2n) is 8.53. The summed E-state index contributed by atoms with van der Waals surface area (Å²) in [6.45, 7) is 11.2. The van der Waals surface area contributed by atoms with Crippen LogP contribution in [0.2, 0.25) is 0 Å². The zero-order valence-corrected chi connectivity index (χ0v) is 19.4. The quantitative estimate of drug-likeness (QED) is 0.162. The van der Waals surface area contributed by atoms with Gasteiger partial charge in [-0.05, 0) is 63.3 Å². The molecule has 0 aliphatic heterocycles. The summed E-state index contributed by atoms with van der Waals surface area (Å²) in [4.78, 5) is 0. The fraction of sp³-hybridized carbons (Fsp3) is 0.750. The van der Waals surface area contributed by atoms with Gasteiger partial charge in [-0.3, -0.25) is 5.32 Å². The molecule has 0 aromatic carbocycles. The highest BCUT2D eigenvalue weighted by molar-refractivity contribution is 5.27. The molecule has 0 radical (unpaired) electrons. The van der Waals surface area contributed by atoms with E-state index < -0.39 is 17.9 Å². The summed E-state index contributed by atoms with van der Waals surface area (Å²) in [7, 11) is 1.58. The Morgan fingerprint density at radius 3 is 2.63 bits per heavy atom. The number of nitrogens with two attached hydrogens (primary N) is 1. The average molecular weight is 425 g/mol. The van der Waals surface area contributed by atoms with Gasteiger partial charge in [0.2, 0.25) is 0 Å². The number of rotatable bonds is 17. The first-order chi connectivity index (χ1) is 14.3. The summed E-state index contributed by atoms with van der Waals surface area (Å²) in [5.41, 5.74) is 5.26. The molecule has 30 heavy (non-hydrogen) atoms. The molecule has 5 N–H and O–H groups in total. The maximum Gasteiger partial charge on any atom is 0.135 e. The number of nitrogens with one attached hydrogen (secondary N) is 1. The Morgan fingerprint density at radius 1 is 1.37 bits per heavy atom. The Labute approximate surface area is 183 Å². The fourth-order valence-electron chi connectivity index (χ4n) is 3.23. The summed E-state index contributed by atoms with van der Waals surface area (Å²) in [5, 5.41) is 24.4. The van der Waals surface area contributed by atoms with E-state index in [9.17, 15) is 10.2 Å². The molecule has 4 unspecified atom stereocenters. The third-order valence-corrected chi connectivity index (χ3v) is 5.41. The van der Waals surface area contributed by atoms with Crippen LogP contribution < -0.4 is 11.1 Å². The van der Waals surface area contributed by atoms with E-state index in [0.717, 1.165) is 25.7 Å². The van der Waals surface area contributed by atoms with Gasteiger partial charge >= 0.3 is 0 Å². The minimum Gasteiger partial charge on any atom is -0.491 e. The highest BCUT2D eigenvalue weighted by Crippen LogP contribution is 2.29.